The first-order valence-electron chi connectivity index (χ1n) is 4.55. The van der Waals surface area contributed by atoms with Crippen LogP contribution in [0.1, 0.15) is 5.56 Å². The zero-order chi connectivity index (χ0) is 12.3. The normalized spacial score (nSPS) is 11.8. The molecule has 0 atom stereocenters. The second-order valence-corrected chi connectivity index (χ2v) is 5.82. The molecule has 0 fully saturated rings. The number of aldehydes is 1. The van der Waals surface area contributed by atoms with Crippen LogP contribution in [-0.2, 0) is 14.8 Å². The molecule has 0 radical (unpaired) electrons. The Labute approximate surface area is 99.9 Å². The summed E-state index contributed by atoms with van der Waals surface area (Å²) in [6, 6.07) is 4.43. The Kier molecular flexibility index (Phi) is 4.07. The van der Waals surface area contributed by atoms with E-state index in [2.05, 4.69) is 0 Å². The molecule has 88 valence electrons. The molecule has 1 aromatic carbocycles. The van der Waals surface area contributed by atoms with E-state index in [9.17, 15) is 13.2 Å². The van der Waals surface area contributed by atoms with Gasteiger partial charge in [0.05, 0.1) is 11.4 Å². The van der Waals surface area contributed by atoms with Gasteiger partial charge in [0.1, 0.15) is 6.29 Å². The van der Waals surface area contributed by atoms with Gasteiger partial charge in [-0.3, -0.25) is 0 Å². The van der Waals surface area contributed by atoms with Gasteiger partial charge in [0.25, 0.3) is 0 Å². The van der Waals surface area contributed by atoms with Crippen LogP contribution in [0.5, 0.6) is 0 Å². The van der Waals surface area contributed by atoms with E-state index in [1.165, 1.54) is 25.2 Å². The van der Waals surface area contributed by atoms with E-state index in [4.69, 9.17) is 11.6 Å². The van der Waals surface area contributed by atoms with Crippen LogP contribution in [0.15, 0.2) is 23.1 Å². The van der Waals surface area contributed by atoms with E-state index in [0.29, 0.717) is 16.9 Å². The average Bonchev–Trinajstić information content (AvgIpc) is 2.22. The molecule has 0 heterocycles. The summed E-state index contributed by atoms with van der Waals surface area (Å²) in [7, 11) is -2.24. The molecule has 0 aliphatic rings. The number of carbonyl (C=O) groups is 1. The van der Waals surface area contributed by atoms with Crippen LogP contribution in [-0.4, -0.2) is 32.6 Å². The fourth-order valence-corrected chi connectivity index (χ4v) is 2.46. The van der Waals surface area contributed by atoms with Gasteiger partial charge >= 0.3 is 0 Å². The lowest BCUT2D eigenvalue weighted by atomic mass is 10.2. The Morgan fingerprint density at radius 1 is 1.44 bits per heavy atom. The minimum absolute atomic E-state index is 0.138. The van der Waals surface area contributed by atoms with Crippen molar-refractivity contribution in [3.05, 3.63) is 28.8 Å². The lowest BCUT2D eigenvalue weighted by Crippen LogP contribution is -2.28. The summed E-state index contributed by atoms with van der Waals surface area (Å²) in [6.07, 6.45) is 0.542. The van der Waals surface area contributed by atoms with Gasteiger partial charge in [-0.05, 0) is 30.7 Å². The second kappa shape index (κ2) is 4.95. The van der Waals surface area contributed by atoms with Crippen molar-refractivity contribution in [2.75, 3.05) is 13.6 Å². The summed E-state index contributed by atoms with van der Waals surface area (Å²) < 4.78 is 24.8. The van der Waals surface area contributed by atoms with E-state index in [1.807, 2.05) is 0 Å². The molecule has 0 aliphatic carbocycles. The third kappa shape index (κ3) is 2.61. The summed E-state index contributed by atoms with van der Waals surface area (Å²) in [5.74, 6) is 0. The smallest absolute Gasteiger partial charge is 0.243 e. The maximum atomic E-state index is 11.9. The highest BCUT2D eigenvalue weighted by Crippen LogP contribution is 2.21. The molecule has 0 N–H and O–H groups in total. The quantitative estimate of drug-likeness (QED) is 0.772. The van der Waals surface area contributed by atoms with Gasteiger partial charge < -0.3 is 4.79 Å². The third-order valence-electron chi connectivity index (χ3n) is 2.17. The van der Waals surface area contributed by atoms with E-state index in [1.54, 1.807) is 6.92 Å². The number of hydrogen-bond acceptors (Lipinski definition) is 3. The van der Waals surface area contributed by atoms with Crippen LogP contribution in [0.25, 0.3) is 0 Å². The zero-order valence-corrected chi connectivity index (χ0v) is 10.5. The summed E-state index contributed by atoms with van der Waals surface area (Å²) in [4.78, 5) is 10.4. The van der Waals surface area contributed by atoms with Crippen molar-refractivity contribution in [1.29, 1.82) is 0 Å². The molecule has 0 aromatic heterocycles. The molecule has 0 aliphatic heterocycles. The SMILES string of the molecule is Cc1cc(S(=O)(=O)N(C)CC=O)ccc1Cl. The highest BCUT2D eigenvalue weighted by molar-refractivity contribution is 7.89. The number of nitrogens with zero attached hydrogens (tertiary/aromatic N) is 1. The topological polar surface area (TPSA) is 54.5 Å². The van der Waals surface area contributed by atoms with E-state index in [0.717, 1.165) is 4.31 Å². The highest BCUT2D eigenvalue weighted by Gasteiger charge is 2.20. The molecule has 1 rings (SSSR count). The van der Waals surface area contributed by atoms with Gasteiger partial charge in [0.2, 0.25) is 10.0 Å². The van der Waals surface area contributed by atoms with Gasteiger partial charge in [-0.15, -0.1) is 0 Å². The molecule has 0 saturated carbocycles. The van der Waals surface area contributed by atoms with Crippen molar-refractivity contribution in [2.45, 2.75) is 11.8 Å². The summed E-state index contributed by atoms with van der Waals surface area (Å²) in [5, 5.41) is 0.511. The first kappa shape index (κ1) is 13.2. The number of halogens is 1. The fourth-order valence-electron chi connectivity index (χ4n) is 1.16. The molecule has 1 aromatic rings. The van der Waals surface area contributed by atoms with E-state index < -0.39 is 10.0 Å². The average molecular weight is 262 g/mol. The molecule has 4 nitrogen and oxygen atoms in total. The van der Waals surface area contributed by atoms with Crippen molar-refractivity contribution in [1.82, 2.24) is 4.31 Å². The van der Waals surface area contributed by atoms with Crippen molar-refractivity contribution in [3.63, 3.8) is 0 Å². The van der Waals surface area contributed by atoms with E-state index >= 15 is 0 Å². The minimum Gasteiger partial charge on any atom is -0.302 e. The van der Waals surface area contributed by atoms with Crippen molar-refractivity contribution in [3.8, 4) is 0 Å². The zero-order valence-electron chi connectivity index (χ0n) is 8.97. The lowest BCUT2D eigenvalue weighted by Gasteiger charge is -2.14. The van der Waals surface area contributed by atoms with Crippen LogP contribution in [0.3, 0.4) is 0 Å². The molecule has 0 bridgehead atoms. The number of benzene rings is 1. The van der Waals surface area contributed by atoms with Gasteiger partial charge in [0.15, 0.2) is 0 Å². The first-order chi connectivity index (χ1) is 7.39. The Morgan fingerprint density at radius 2 is 2.06 bits per heavy atom. The van der Waals surface area contributed by atoms with Gasteiger partial charge in [0, 0.05) is 12.1 Å². The standard InChI is InChI=1S/C10H12ClNO3S/c1-8-7-9(3-4-10(8)11)16(14,15)12(2)5-6-13/h3-4,6-7H,5H2,1-2H3. The summed E-state index contributed by atoms with van der Waals surface area (Å²) in [6.45, 7) is 1.56. The van der Waals surface area contributed by atoms with Crippen LogP contribution in [0.2, 0.25) is 5.02 Å². The molecule has 16 heavy (non-hydrogen) atoms. The Hall–Kier alpha value is -0.910. The third-order valence-corrected chi connectivity index (χ3v) is 4.41. The Balaban J connectivity index is 3.17. The van der Waals surface area contributed by atoms with Crippen LogP contribution < -0.4 is 0 Å². The van der Waals surface area contributed by atoms with Gasteiger partial charge in [-0.1, -0.05) is 11.6 Å². The summed E-state index contributed by atoms with van der Waals surface area (Å²) >= 11 is 5.81. The number of likely N-dealkylation sites (N-methyl/N-ethyl adjacent to an activating group) is 1. The van der Waals surface area contributed by atoms with Crippen LogP contribution in [0, 0.1) is 6.92 Å². The molecular formula is C10H12ClNO3S. The Morgan fingerprint density at radius 3 is 2.56 bits per heavy atom. The van der Waals surface area contributed by atoms with Gasteiger partial charge in [-0.2, -0.15) is 4.31 Å². The lowest BCUT2D eigenvalue weighted by molar-refractivity contribution is -0.107. The molecule has 0 spiro atoms. The molecule has 6 heteroatoms. The van der Waals surface area contributed by atoms with Gasteiger partial charge in [-0.25, -0.2) is 8.42 Å². The maximum absolute atomic E-state index is 11.9. The minimum atomic E-state index is -3.60. The molecule has 0 amide bonds. The predicted octanol–water partition coefficient (Wildman–Crippen LogP) is 1.47. The van der Waals surface area contributed by atoms with Crippen molar-refractivity contribution >= 4 is 27.9 Å². The van der Waals surface area contributed by atoms with E-state index in [-0.39, 0.29) is 11.4 Å². The second-order valence-electron chi connectivity index (χ2n) is 3.36. The van der Waals surface area contributed by atoms with Crippen LogP contribution in [0.4, 0.5) is 0 Å². The number of rotatable bonds is 4. The number of carbonyl (C=O) groups excluding carboxylic acids is 1. The fraction of sp³-hybridized carbons (Fsp3) is 0.300. The molecular weight excluding hydrogens is 250 g/mol. The first-order valence-corrected chi connectivity index (χ1v) is 6.37. The molecule has 0 saturated heterocycles. The molecule has 0 unspecified atom stereocenters. The highest BCUT2D eigenvalue weighted by atomic mass is 35.5. The van der Waals surface area contributed by atoms with Crippen molar-refractivity contribution in [2.24, 2.45) is 0 Å². The predicted molar refractivity (Wildman–Crippen MR) is 62.1 cm³/mol. The Bertz CT molecular complexity index is 499. The monoisotopic (exact) mass is 261 g/mol. The van der Waals surface area contributed by atoms with Crippen LogP contribution >= 0.6 is 11.6 Å². The number of aryl methyl sites for hydroxylation is 1. The number of sulfonamides is 1. The largest absolute Gasteiger partial charge is 0.302 e. The summed E-state index contributed by atoms with van der Waals surface area (Å²) in [5.41, 5.74) is 0.683. The number of hydrogen-bond donors (Lipinski definition) is 0. The van der Waals surface area contributed by atoms with Crippen molar-refractivity contribution < 1.29 is 13.2 Å². The maximum Gasteiger partial charge on any atom is 0.243 e.